The van der Waals surface area contributed by atoms with E-state index in [0.717, 1.165) is 12.8 Å². The van der Waals surface area contributed by atoms with E-state index in [1.807, 2.05) is 0 Å². The molecule has 1 amide bonds. The van der Waals surface area contributed by atoms with Gasteiger partial charge in [0.2, 0.25) is 5.91 Å². The molecule has 2 saturated heterocycles. The zero-order chi connectivity index (χ0) is 13.8. The van der Waals surface area contributed by atoms with Crippen molar-refractivity contribution in [2.45, 2.75) is 70.5 Å². The van der Waals surface area contributed by atoms with Crippen LogP contribution in [0.25, 0.3) is 0 Å². The quantitative estimate of drug-likeness (QED) is 0.683. The second kappa shape index (κ2) is 6.71. The van der Waals surface area contributed by atoms with Crippen LogP contribution in [0.2, 0.25) is 0 Å². The predicted molar refractivity (Wildman–Crippen MR) is 75.8 cm³/mol. The van der Waals surface area contributed by atoms with Crippen LogP contribution < -0.4 is 10.6 Å². The van der Waals surface area contributed by atoms with Gasteiger partial charge in [0.25, 0.3) is 0 Å². The Labute approximate surface area is 116 Å². The molecule has 3 N–H and O–H groups in total. The number of nitrogens with one attached hydrogen (secondary N) is 2. The molecule has 0 spiro atoms. The van der Waals surface area contributed by atoms with Crippen LogP contribution in [0.15, 0.2) is 0 Å². The van der Waals surface area contributed by atoms with Gasteiger partial charge in [-0.25, -0.2) is 0 Å². The number of hydrogen-bond acceptors (Lipinski definition) is 3. The summed E-state index contributed by atoms with van der Waals surface area (Å²) in [6.07, 6.45) is 6.17. The molecule has 3 atom stereocenters. The van der Waals surface area contributed by atoms with Gasteiger partial charge in [-0.3, -0.25) is 4.79 Å². The van der Waals surface area contributed by atoms with E-state index in [1.165, 1.54) is 12.8 Å². The molecular weight excluding hydrogens is 240 g/mol. The fraction of sp³-hybridized carbons (Fsp3) is 0.933. The Bertz CT molecular complexity index is 295. The lowest BCUT2D eigenvalue weighted by molar-refractivity contribution is -0.123. The zero-order valence-corrected chi connectivity index (χ0v) is 12.2. The largest absolute Gasteiger partial charge is 0.396 e. The Hall–Kier alpha value is -0.610. The number of rotatable bonds is 6. The van der Waals surface area contributed by atoms with Crippen LogP contribution >= 0.6 is 0 Å². The van der Waals surface area contributed by atoms with Gasteiger partial charge in [0.05, 0.1) is 0 Å². The monoisotopic (exact) mass is 268 g/mol. The van der Waals surface area contributed by atoms with Crippen molar-refractivity contribution in [3.8, 4) is 0 Å². The molecule has 110 valence electrons. The Morgan fingerprint density at radius 2 is 1.95 bits per heavy atom. The molecule has 0 aromatic rings. The Balaban J connectivity index is 1.77. The number of aliphatic hydroxyl groups excluding tert-OH is 1. The molecule has 0 aliphatic carbocycles. The van der Waals surface area contributed by atoms with Crippen LogP contribution in [-0.2, 0) is 4.79 Å². The van der Waals surface area contributed by atoms with Gasteiger partial charge in [-0.2, -0.15) is 0 Å². The summed E-state index contributed by atoms with van der Waals surface area (Å²) in [5.74, 6) is 1.08. The second-order valence-corrected chi connectivity index (χ2v) is 6.61. The highest BCUT2D eigenvalue weighted by molar-refractivity contribution is 5.76. The third-order valence-electron chi connectivity index (χ3n) is 4.64. The maximum absolute atomic E-state index is 12.1. The average Bonchev–Trinajstić information content (AvgIpc) is 2.68. The minimum absolute atomic E-state index is 0.107. The molecular formula is C15H28N2O2. The van der Waals surface area contributed by atoms with Crippen LogP contribution in [-0.4, -0.2) is 35.7 Å². The van der Waals surface area contributed by atoms with Crippen molar-refractivity contribution >= 4 is 5.91 Å². The number of fused-ring (bicyclic) bond motifs is 2. The highest BCUT2D eigenvalue weighted by atomic mass is 16.3. The maximum Gasteiger partial charge on any atom is 0.220 e. The molecule has 2 aliphatic rings. The Morgan fingerprint density at radius 3 is 2.47 bits per heavy atom. The molecule has 2 fully saturated rings. The smallest absolute Gasteiger partial charge is 0.220 e. The molecule has 0 radical (unpaired) electrons. The van der Waals surface area contributed by atoms with Crippen molar-refractivity contribution < 1.29 is 9.90 Å². The summed E-state index contributed by atoms with van der Waals surface area (Å²) in [5, 5.41) is 15.7. The number of hydrogen-bond donors (Lipinski definition) is 3. The van der Waals surface area contributed by atoms with Gasteiger partial charge in [0, 0.05) is 31.2 Å². The van der Waals surface area contributed by atoms with Crippen molar-refractivity contribution in [3.63, 3.8) is 0 Å². The summed E-state index contributed by atoms with van der Waals surface area (Å²) in [6, 6.07) is 1.40. The van der Waals surface area contributed by atoms with Crippen molar-refractivity contribution in [1.29, 1.82) is 0 Å². The molecule has 2 heterocycles. The van der Waals surface area contributed by atoms with E-state index in [2.05, 4.69) is 24.5 Å². The third kappa shape index (κ3) is 4.18. The molecule has 3 unspecified atom stereocenters. The topological polar surface area (TPSA) is 61.4 Å². The van der Waals surface area contributed by atoms with Gasteiger partial charge in [0.15, 0.2) is 0 Å². The summed E-state index contributed by atoms with van der Waals surface area (Å²) in [4.78, 5) is 12.1. The van der Waals surface area contributed by atoms with E-state index >= 15 is 0 Å². The standard InChI is InChI=1S/C15H28N2O2/c1-10(2)14(5-6-18)17-15(19)9-11-7-12-3-4-13(8-11)16-12/h10-14,16,18H,3-9H2,1-2H3,(H,17,19). The first kappa shape index (κ1) is 14.8. The number of amides is 1. The van der Waals surface area contributed by atoms with Crippen molar-refractivity contribution in [3.05, 3.63) is 0 Å². The van der Waals surface area contributed by atoms with Crippen LogP contribution in [0.3, 0.4) is 0 Å². The summed E-state index contributed by atoms with van der Waals surface area (Å²) >= 11 is 0. The summed E-state index contributed by atoms with van der Waals surface area (Å²) in [5.41, 5.74) is 0. The van der Waals surface area contributed by atoms with E-state index in [0.29, 0.717) is 36.8 Å². The van der Waals surface area contributed by atoms with Crippen LogP contribution in [0.4, 0.5) is 0 Å². The first-order valence-electron chi connectivity index (χ1n) is 7.74. The van der Waals surface area contributed by atoms with E-state index in [4.69, 9.17) is 5.11 Å². The first-order valence-corrected chi connectivity index (χ1v) is 7.74. The number of piperidine rings is 1. The maximum atomic E-state index is 12.1. The van der Waals surface area contributed by atoms with E-state index in [-0.39, 0.29) is 18.6 Å². The van der Waals surface area contributed by atoms with Gasteiger partial charge < -0.3 is 15.7 Å². The van der Waals surface area contributed by atoms with Crippen molar-refractivity contribution in [1.82, 2.24) is 10.6 Å². The lowest BCUT2D eigenvalue weighted by Gasteiger charge is -2.29. The SMILES string of the molecule is CC(C)C(CCO)NC(=O)CC1CC2CCC(C1)N2. The summed E-state index contributed by atoms with van der Waals surface area (Å²) < 4.78 is 0. The van der Waals surface area contributed by atoms with E-state index in [1.54, 1.807) is 0 Å². The predicted octanol–water partition coefficient (Wildman–Crippen LogP) is 1.43. The van der Waals surface area contributed by atoms with Gasteiger partial charge in [0.1, 0.15) is 0 Å². The summed E-state index contributed by atoms with van der Waals surface area (Å²) in [6.45, 7) is 4.32. The van der Waals surface area contributed by atoms with Gasteiger partial charge in [-0.1, -0.05) is 13.8 Å². The molecule has 0 aromatic heterocycles. The molecule has 2 aliphatic heterocycles. The first-order chi connectivity index (χ1) is 9.08. The average molecular weight is 268 g/mol. The molecule has 2 bridgehead atoms. The Kier molecular flexibility index (Phi) is 5.22. The molecule has 19 heavy (non-hydrogen) atoms. The van der Waals surface area contributed by atoms with Gasteiger partial charge >= 0.3 is 0 Å². The molecule has 4 nitrogen and oxygen atoms in total. The zero-order valence-electron chi connectivity index (χ0n) is 12.2. The highest BCUT2D eigenvalue weighted by Gasteiger charge is 2.34. The van der Waals surface area contributed by atoms with Gasteiger partial charge in [-0.05, 0) is 43.9 Å². The minimum Gasteiger partial charge on any atom is -0.396 e. The van der Waals surface area contributed by atoms with E-state index < -0.39 is 0 Å². The van der Waals surface area contributed by atoms with Crippen LogP contribution in [0, 0.1) is 11.8 Å². The molecule has 0 saturated carbocycles. The third-order valence-corrected chi connectivity index (χ3v) is 4.64. The fourth-order valence-electron chi connectivity index (χ4n) is 3.58. The molecule has 4 heteroatoms. The molecule has 2 rings (SSSR count). The Morgan fingerprint density at radius 1 is 1.32 bits per heavy atom. The minimum atomic E-state index is 0.107. The second-order valence-electron chi connectivity index (χ2n) is 6.61. The number of carbonyl (C=O) groups excluding carboxylic acids is 1. The van der Waals surface area contributed by atoms with Gasteiger partial charge in [-0.15, -0.1) is 0 Å². The lowest BCUT2D eigenvalue weighted by atomic mass is 9.89. The number of aliphatic hydroxyl groups is 1. The van der Waals surface area contributed by atoms with Crippen LogP contribution in [0.1, 0.15) is 52.4 Å². The normalized spacial score (nSPS) is 31.5. The fourth-order valence-corrected chi connectivity index (χ4v) is 3.58. The lowest BCUT2D eigenvalue weighted by Crippen LogP contribution is -2.42. The van der Waals surface area contributed by atoms with E-state index in [9.17, 15) is 4.79 Å². The summed E-state index contributed by atoms with van der Waals surface area (Å²) in [7, 11) is 0. The highest BCUT2D eigenvalue weighted by Crippen LogP contribution is 2.32. The van der Waals surface area contributed by atoms with Crippen molar-refractivity contribution in [2.24, 2.45) is 11.8 Å². The molecule has 0 aromatic carbocycles. The van der Waals surface area contributed by atoms with Crippen LogP contribution in [0.5, 0.6) is 0 Å². The van der Waals surface area contributed by atoms with Crippen molar-refractivity contribution in [2.75, 3.05) is 6.61 Å². The number of carbonyl (C=O) groups is 1.